The van der Waals surface area contributed by atoms with Gasteiger partial charge >= 0.3 is 0 Å². The first kappa shape index (κ1) is 8.27. The van der Waals surface area contributed by atoms with E-state index in [9.17, 15) is 0 Å². The zero-order valence-corrected chi connectivity index (χ0v) is 7.27. The lowest BCUT2D eigenvalue weighted by Crippen LogP contribution is -1.97. The van der Waals surface area contributed by atoms with Gasteiger partial charge in [0.1, 0.15) is 0 Å². The first-order chi connectivity index (χ1) is 5.25. The number of hydrogen-bond acceptors (Lipinski definition) is 3. The number of nitrogen functional groups attached to an aromatic ring is 1. The van der Waals surface area contributed by atoms with Crippen molar-refractivity contribution in [1.82, 2.24) is 0 Å². The van der Waals surface area contributed by atoms with E-state index in [0.29, 0.717) is 18.0 Å². The molecule has 0 aliphatic heterocycles. The molecule has 0 spiro atoms. The minimum atomic E-state index is 0.613. The largest absolute Gasteiger partial charge is 0.491 e. The Morgan fingerprint density at radius 3 is 2.82 bits per heavy atom. The molecule has 0 amide bonds. The van der Waals surface area contributed by atoms with Crippen LogP contribution in [-0.4, -0.2) is 6.61 Å². The Bertz CT molecular complexity index is 230. The van der Waals surface area contributed by atoms with Crippen LogP contribution in [0.15, 0.2) is 23.1 Å². The fourth-order valence-electron chi connectivity index (χ4n) is 0.844. The molecule has 0 heterocycles. The van der Waals surface area contributed by atoms with E-state index in [1.54, 1.807) is 6.07 Å². The molecule has 0 aliphatic carbocycles. The first-order valence-corrected chi connectivity index (χ1v) is 3.90. The van der Waals surface area contributed by atoms with Gasteiger partial charge in [0, 0.05) is 4.90 Å². The number of benzene rings is 1. The molecule has 2 nitrogen and oxygen atoms in total. The number of nitrogens with two attached hydrogens (primary N) is 1. The lowest BCUT2D eigenvalue weighted by molar-refractivity contribution is 0.334. The van der Waals surface area contributed by atoms with Gasteiger partial charge in [-0.05, 0) is 19.1 Å². The molecular formula is C8H11NOS. The summed E-state index contributed by atoms with van der Waals surface area (Å²) in [5.74, 6) is 0.679. The van der Waals surface area contributed by atoms with Gasteiger partial charge in [0.05, 0.1) is 12.3 Å². The topological polar surface area (TPSA) is 35.2 Å². The van der Waals surface area contributed by atoms with Gasteiger partial charge in [-0.1, -0.05) is 6.07 Å². The van der Waals surface area contributed by atoms with Crippen molar-refractivity contribution in [3.05, 3.63) is 18.2 Å². The molecule has 1 rings (SSSR count). The van der Waals surface area contributed by atoms with Crippen molar-refractivity contribution in [2.75, 3.05) is 12.3 Å². The SMILES string of the molecule is CCOc1c(N)cccc1S. The Hall–Kier alpha value is -0.830. The van der Waals surface area contributed by atoms with Crippen LogP contribution in [0.5, 0.6) is 5.75 Å². The molecule has 0 aromatic heterocycles. The van der Waals surface area contributed by atoms with Gasteiger partial charge in [-0.3, -0.25) is 0 Å². The van der Waals surface area contributed by atoms with Crippen LogP contribution in [0.3, 0.4) is 0 Å². The van der Waals surface area contributed by atoms with Crippen LogP contribution in [0.1, 0.15) is 6.92 Å². The average Bonchev–Trinajstić information content (AvgIpc) is 1.97. The molecule has 0 radical (unpaired) electrons. The van der Waals surface area contributed by atoms with Crippen LogP contribution in [0.25, 0.3) is 0 Å². The molecule has 2 N–H and O–H groups in total. The van der Waals surface area contributed by atoms with Crippen molar-refractivity contribution in [3.8, 4) is 5.75 Å². The van der Waals surface area contributed by atoms with Crippen LogP contribution in [0.4, 0.5) is 5.69 Å². The molecule has 0 fully saturated rings. The van der Waals surface area contributed by atoms with E-state index in [1.165, 1.54) is 0 Å². The maximum atomic E-state index is 5.63. The monoisotopic (exact) mass is 169 g/mol. The summed E-state index contributed by atoms with van der Waals surface area (Å²) in [4.78, 5) is 0.784. The standard InChI is InChI=1S/C8H11NOS/c1-2-10-8-6(9)4-3-5-7(8)11/h3-5,11H,2,9H2,1H3. The van der Waals surface area contributed by atoms with Gasteiger partial charge in [0.15, 0.2) is 5.75 Å². The molecule has 0 saturated heterocycles. The molecule has 0 aliphatic rings. The maximum Gasteiger partial charge on any atom is 0.155 e. The highest BCUT2D eigenvalue weighted by atomic mass is 32.1. The molecule has 0 atom stereocenters. The van der Waals surface area contributed by atoms with E-state index in [-0.39, 0.29) is 0 Å². The minimum Gasteiger partial charge on any atom is -0.491 e. The second-order valence-corrected chi connectivity index (χ2v) is 2.61. The fraction of sp³-hybridized carbons (Fsp3) is 0.250. The predicted octanol–water partition coefficient (Wildman–Crippen LogP) is 1.96. The van der Waals surface area contributed by atoms with Crippen molar-refractivity contribution in [2.24, 2.45) is 0 Å². The van der Waals surface area contributed by atoms with Crippen LogP contribution in [-0.2, 0) is 0 Å². The van der Waals surface area contributed by atoms with E-state index in [0.717, 1.165) is 4.90 Å². The Kier molecular flexibility index (Phi) is 2.65. The normalized spacial score (nSPS) is 9.64. The van der Waals surface area contributed by atoms with Crippen LogP contribution < -0.4 is 10.5 Å². The highest BCUT2D eigenvalue weighted by Crippen LogP contribution is 2.28. The summed E-state index contributed by atoms with van der Waals surface area (Å²) in [5.41, 5.74) is 6.27. The summed E-state index contributed by atoms with van der Waals surface area (Å²) >= 11 is 4.20. The third-order valence-electron chi connectivity index (χ3n) is 1.31. The molecule has 3 heteroatoms. The molecule has 1 aromatic rings. The van der Waals surface area contributed by atoms with Gasteiger partial charge in [0.25, 0.3) is 0 Å². The van der Waals surface area contributed by atoms with E-state index in [4.69, 9.17) is 10.5 Å². The molecule has 0 saturated carbocycles. The zero-order chi connectivity index (χ0) is 8.27. The summed E-state index contributed by atoms with van der Waals surface area (Å²) < 4.78 is 5.27. The van der Waals surface area contributed by atoms with Crippen LogP contribution in [0.2, 0.25) is 0 Å². The number of para-hydroxylation sites is 1. The molecule has 0 bridgehead atoms. The summed E-state index contributed by atoms with van der Waals surface area (Å²) in [7, 11) is 0. The molecule has 60 valence electrons. The van der Waals surface area contributed by atoms with Crippen LogP contribution in [0, 0.1) is 0 Å². The Morgan fingerprint density at radius 1 is 1.55 bits per heavy atom. The minimum absolute atomic E-state index is 0.613. The number of rotatable bonds is 2. The second-order valence-electron chi connectivity index (χ2n) is 2.13. The maximum absolute atomic E-state index is 5.63. The predicted molar refractivity (Wildman–Crippen MR) is 49.3 cm³/mol. The Labute approximate surface area is 71.8 Å². The number of hydrogen-bond donors (Lipinski definition) is 2. The summed E-state index contributed by atoms with van der Waals surface area (Å²) in [5, 5.41) is 0. The molecule has 1 aromatic carbocycles. The van der Waals surface area contributed by atoms with E-state index in [2.05, 4.69) is 12.6 Å². The lowest BCUT2D eigenvalue weighted by Gasteiger charge is -2.07. The Balaban J connectivity index is 3.00. The number of thiol groups is 1. The second kappa shape index (κ2) is 3.53. The summed E-state index contributed by atoms with van der Waals surface area (Å²) in [6, 6.07) is 5.50. The highest BCUT2D eigenvalue weighted by molar-refractivity contribution is 7.80. The Morgan fingerprint density at radius 2 is 2.27 bits per heavy atom. The average molecular weight is 169 g/mol. The van der Waals surface area contributed by atoms with E-state index in [1.807, 2.05) is 19.1 Å². The van der Waals surface area contributed by atoms with Crippen molar-refractivity contribution < 1.29 is 4.74 Å². The third-order valence-corrected chi connectivity index (χ3v) is 1.67. The van der Waals surface area contributed by atoms with E-state index >= 15 is 0 Å². The van der Waals surface area contributed by atoms with Crippen LogP contribution >= 0.6 is 12.6 Å². The van der Waals surface area contributed by atoms with Gasteiger partial charge in [-0.15, -0.1) is 12.6 Å². The smallest absolute Gasteiger partial charge is 0.155 e. The zero-order valence-electron chi connectivity index (χ0n) is 6.37. The van der Waals surface area contributed by atoms with Gasteiger partial charge in [0.2, 0.25) is 0 Å². The lowest BCUT2D eigenvalue weighted by atomic mass is 10.3. The van der Waals surface area contributed by atoms with Crippen molar-refractivity contribution in [3.63, 3.8) is 0 Å². The highest BCUT2D eigenvalue weighted by Gasteiger charge is 2.01. The summed E-state index contributed by atoms with van der Waals surface area (Å²) in [6.45, 7) is 2.53. The van der Waals surface area contributed by atoms with Gasteiger partial charge in [-0.2, -0.15) is 0 Å². The first-order valence-electron chi connectivity index (χ1n) is 3.46. The quantitative estimate of drug-likeness (QED) is 0.524. The summed E-state index contributed by atoms with van der Waals surface area (Å²) in [6.07, 6.45) is 0. The number of anilines is 1. The third kappa shape index (κ3) is 1.80. The van der Waals surface area contributed by atoms with Crippen molar-refractivity contribution in [1.29, 1.82) is 0 Å². The van der Waals surface area contributed by atoms with Crippen molar-refractivity contribution in [2.45, 2.75) is 11.8 Å². The molecule has 11 heavy (non-hydrogen) atoms. The molecular weight excluding hydrogens is 158 g/mol. The van der Waals surface area contributed by atoms with E-state index < -0.39 is 0 Å². The van der Waals surface area contributed by atoms with Gasteiger partial charge < -0.3 is 10.5 Å². The van der Waals surface area contributed by atoms with Gasteiger partial charge in [-0.25, -0.2) is 0 Å². The van der Waals surface area contributed by atoms with Crippen molar-refractivity contribution >= 4 is 18.3 Å². The number of ether oxygens (including phenoxy) is 1. The molecule has 0 unspecified atom stereocenters. The fourth-order valence-corrected chi connectivity index (χ4v) is 1.12.